The summed E-state index contributed by atoms with van der Waals surface area (Å²) in [6.07, 6.45) is 0.113. The molecule has 0 spiro atoms. The second-order valence-corrected chi connectivity index (χ2v) is 6.90. The van der Waals surface area contributed by atoms with Crippen molar-refractivity contribution < 1.29 is 4.79 Å². The first-order valence-electron chi connectivity index (χ1n) is 8.10. The van der Waals surface area contributed by atoms with E-state index in [-0.39, 0.29) is 24.4 Å². The van der Waals surface area contributed by atoms with Crippen molar-refractivity contribution in [1.82, 2.24) is 20.0 Å². The van der Waals surface area contributed by atoms with Gasteiger partial charge in [-0.2, -0.15) is 0 Å². The number of nitrogens with zero attached hydrogens (tertiary/aromatic N) is 4. The Balaban J connectivity index is 1.47. The van der Waals surface area contributed by atoms with Crippen LogP contribution < -0.4 is 10.9 Å². The van der Waals surface area contributed by atoms with Gasteiger partial charge in [0.1, 0.15) is 5.52 Å². The van der Waals surface area contributed by atoms with Crippen LogP contribution in [0.25, 0.3) is 21.1 Å². The van der Waals surface area contributed by atoms with Gasteiger partial charge in [-0.1, -0.05) is 40.8 Å². The molecule has 2 heterocycles. The van der Waals surface area contributed by atoms with Gasteiger partial charge in [0.25, 0.3) is 5.56 Å². The fourth-order valence-electron chi connectivity index (χ4n) is 2.70. The van der Waals surface area contributed by atoms with Crippen LogP contribution in [0.3, 0.4) is 0 Å². The minimum absolute atomic E-state index is 0.113. The standard InChI is InChI=1S/C18H15N5O2S/c1-11-5-4-8-14-16(11)20-18(26-14)19-15(24)9-10-23-17(25)12-6-2-3-7-13(12)21-22-23/h2-8H,9-10H2,1H3,(H,19,20,24). The van der Waals surface area contributed by atoms with E-state index in [1.54, 1.807) is 24.3 Å². The Labute approximate surface area is 152 Å². The van der Waals surface area contributed by atoms with Crippen molar-refractivity contribution in [3.05, 3.63) is 58.4 Å². The Hall–Kier alpha value is -3.13. The maximum absolute atomic E-state index is 12.4. The zero-order valence-electron chi connectivity index (χ0n) is 14.0. The Bertz CT molecular complexity index is 1180. The summed E-state index contributed by atoms with van der Waals surface area (Å²) >= 11 is 1.43. The lowest BCUT2D eigenvalue weighted by Gasteiger charge is -2.04. The topological polar surface area (TPSA) is 89.8 Å². The smallest absolute Gasteiger partial charge is 0.277 e. The van der Waals surface area contributed by atoms with Crippen LogP contribution in [0.2, 0.25) is 0 Å². The van der Waals surface area contributed by atoms with Gasteiger partial charge in [0, 0.05) is 6.42 Å². The molecular weight excluding hydrogens is 350 g/mol. The Morgan fingerprint density at radius 3 is 2.88 bits per heavy atom. The molecule has 0 aliphatic carbocycles. The molecule has 0 atom stereocenters. The van der Waals surface area contributed by atoms with Crippen molar-refractivity contribution in [1.29, 1.82) is 0 Å². The highest BCUT2D eigenvalue weighted by molar-refractivity contribution is 7.22. The summed E-state index contributed by atoms with van der Waals surface area (Å²) in [4.78, 5) is 29.0. The van der Waals surface area contributed by atoms with Crippen molar-refractivity contribution in [2.24, 2.45) is 0 Å². The molecule has 1 N–H and O–H groups in total. The Morgan fingerprint density at radius 1 is 1.19 bits per heavy atom. The zero-order chi connectivity index (χ0) is 18.1. The number of benzene rings is 2. The highest BCUT2D eigenvalue weighted by atomic mass is 32.1. The number of carbonyl (C=O) groups excluding carboxylic acids is 1. The molecule has 7 nitrogen and oxygen atoms in total. The Kier molecular flexibility index (Phi) is 4.18. The van der Waals surface area contributed by atoms with Gasteiger partial charge in [-0.15, -0.1) is 5.10 Å². The van der Waals surface area contributed by atoms with Gasteiger partial charge in [-0.3, -0.25) is 9.59 Å². The molecule has 2 aromatic heterocycles. The van der Waals surface area contributed by atoms with E-state index in [1.165, 1.54) is 16.0 Å². The lowest BCUT2D eigenvalue weighted by molar-refractivity contribution is -0.116. The van der Waals surface area contributed by atoms with Crippen LogP contribution in [0, 0.1) is 6.92 Å². The van der Waals surface area contributed by atoms with Gasteiger partial charge in [0.05, 0.1) is 22.1 Å². The average molecular weight is 365 g/mol. The van der Waals surface area contributed by atoms with Crippen molar-refractivity contribution >= 4 is 43.5 Å². The van der Waals surface area contributed by atoms with Gasteiger partial charge < -0.3 is 5.32 Å². The van der Waals surface area contributed by atoms with Crippen molar-refractivity contribution in [2.45, 2.75) is 19.9 Å². The van der Waals surface area contributed by atoms with Crippen LogP contribution in [0.15, 0.2) is 47.3 Å². The number of anilines is 1. The number of nitrogens with one attached hydrogen (secondary N) is 1. The number of para-hydroxylation sites is 1. The third-order valence-electron chi connectivity index (χ3n) is 4.05. The molecule has 26 heavy (non-hydrogen) atoms. The van der Waals surface area contributed by atoms with Crippen LogP contribution >= 0.6 is 11.3 Å². The molecule has 8 heteroatoms. The van der Waals surface area contributed by atoms with E-state index < -0.39 is 0 Å². The summed E-state index contributed by atoms with van der Waals surface area (Å²) in [7, 11) is 0. The van der Waals surface area contributed by atoms with E-state index in [4.69, 9.17) is 0 Å². The van der Waals surface area contributed by atoms with E-state index in [2.05, 4.69) is 20.6 Å². The number of hydrogen-bond donors (Lipinski definition) is 1. The van der Waals surface area contributed by atoms with Gasteiger partial charge in [0.15, 0.2) is 5.13 Å². The molecule has 4 rings (SSSR count). The number of rotatable bonds is 4. The first-order valence-corrected chi connectivity index (χ1v) is 8.92. The maximum Gasteiger partial charge on any atom is 0.277 e. The predicted molar refractivity (Wildman–Crippen MR) is 101 cm³/mol. The van der Waals surface area contributed by atoms with Gasteiger partial charge in [0.2, 0.25) is 5.91 Å². The third-order valence-corrected chi connectivity index (χ3v) is 4.98. The zero-order valence-corrected chi connectivity index (χ0v) is 14.8. The summed E-state index contributed by atoms with van der Waals surface area (Å²) in [6, 6.07) is 12.9. The monoisotopic (exact) mass is 365 g/mol. The molecule has 0 aliphatic rings. The molecule has 1 amide bonds. The second kappa shape index (κ2) is 6.64. The lowest BCUT2D eigenvalue weighted by atomic mass is 10.2. The molecule has 0 unspecified atom stereocenters. The third kappa shape index (κ3) is 3.06. The van der Waals surface area contributed by atoms with Crippen LogP contribution in [0.4, 0.5) is 5.13 Å². The number of carbonyl (C=O) groups is 1. The SMILES string of the molecule is Cc1cccc2sc(NC(=O)CCn3nnc4ccccc4c3=O)nc12. The normalized spacial score (nSPS) is 11.1. The summed E-state index contributed by atoms with van der Waals surface area (Å²) in [5.74, 6) is -0.219. The molecule has 2 aromatic carbocycles. The van der Waals surface area contributed by atoms with E-state index in [0.717, 1.165) is 15.8 Å². The number of aromatic nitrogens is 4. The lowest BCUT2D eigenvalue weighted by Crippen LogP contribution is -2.26. The fourth-order valence-corrected chi connectivity index (χ4v) is 3.66. The number of aryl methyl sites for hydroxylation is 2. The maximum atomic E-state index is 12.4. The number of hydrogen-bond acceptors (Lipinski definition) is 6. The predicted octanol–water partition coefficient (Wildman–Crippen LogP) is 2.74. The number of amides is 1. The first-order chi connectivity index (χ1) is 12.6. The molecule has 0 aliphatic heterocycles. The molecule has 0 fully saturated rings. The number of fused-ring (bicyclic) bond motifs is 2. The van der Waals surface area contributed by atoms with E-state index in [1.807, 2.05) is 25.1 Å². The number of thiazole rings is 1. The largest absolute Gasteiger partial charge is 0.302 e. The fraction of sp³-hybridized carbons (Fsp3) is 0.167. The molecule has 4 aromatic rings. The average Bonchev–Trinajstić information content (AvgIpc) is 3.05. The highest BCUT2D eigenvalue weighted by Crippen LogP contribution is 2.27. The van der Waals surface area contributed by atoms with Crippen molar-refractivity contribution in [2.75, 3.05) is 5.32 Å². The second-order valence-electron chi connectivity index (χ2n) is 5.87. The van der Waals surface area contributed by atoms with Gasteiger partial charge >= 0.3 is 0 Å². The molecule has 0 saturated heterocycles. The van der Waals surface area contributed by atoms with Crippen LogP contribution in [0.1, 0.15) is 12.0 Å². The van der Waals surface area contributed by atoms with Crippen molar-refractivity contribution in [3.8, 4) is 0 Å². The summed E-state index contributed by atoms with van der Waals surface area (Å²) in [5, 5.41) is 11.7. The van der Waals surface area contributed by atoms with Crippen LogP contribution in [-0.2, 0) is 11.3 Å². The molecule has 0 saturated carbocycles. The van der Waals surface area contributed by atoms with Crippen molar-refractivity contribution in [3.63, 3.8) is 0 Å². The first kappa shape index (κ1) is 16.3. The van der Waals surface area contributed by atoms with E-state index >= 15 is 0 Å². The van der Waals surface area contributed by atoms with Crippen LogP contribution in [0.5, 0.6) is 0 Å². The summed E-state index contributed by atoms with van der Waals surface area (Å²) < 4.78 is 2.24. The summed E-state index contributed by atoms with van der Waals surface area (Å²) in [6.45, 7) is 2.14. The minimum atomic E-state index is -0.251. The molecule has 130 valence electrons. The van der Waals surface area contributed by atoms with E-state index in [9.17, 15) is 9.59 Å². The molecular formula is C18H15N5O2S. The van der Waals surface area contributed by atoms with Crippen LogP contribution in [-0.4, -0.2) is 25.9 Å². The quantitative estimate of drug-likeness (QED) is 0.601. The molecule has 0 bridgehead atoms. The Morgan fingerprint density at radius 2 is 2.04 bits per heavy atom. The summed E-state index contributed by atoms with van der Waals surface area (Å²) in [5.41, 5.74) is 2.25. The molecule has 0 radical (unpaired) electrons. The highest BCUT2D eigenvalue weighted by Gasteiger charge is 2.11. The minimum Gasteiger partial charge on any atom is -0.302 e. The van der Waals surface area contributed by atoms with Gasteiger partial charge in [-0.05, 0) is 30.7 Å². The van der Waals surface area contributed by atoms with Gasteiger partial charge in [-0.25, -0.2) is 9.67 Å². The van der Waals surface area contributed by atoms with E-state index in [0.29, 0.717) is 16.0 Å².